The fourth-order valence-corrected chi connectivity index (χ4v) is 2.78. The Kier molecular flexibility index (Phi) is 4.44. The van der Waals surface area contributed by atoms with Crippen molar-refractivity contribution in [3.63, 3.8) is 0 Å². The van der Waals surface area contributed by atoms with Crippen LogP contribution in [0.25, 0.3) is 0 Å². The van der Waals surface area contributed by atoms with Crippen LogP contribution >= 0.6 is 0 Å². The Hall–Kier alpha value is -2.89. The van der Waals surface area contributed by atoms with Crippen molar-refractivity contribution in [1.29, 1.82) is 0 Å². The minimum absolute atomic E-state index is 0.0399. The van der Waals surface area contributed by atoms with Crippen molar-refractivity contribution in [2.75, 3.05) is 17.3 Å². The molecule has 1 aromatic heterocycles. The van der Waals surface area contributed by atoms with Gasteiger partial charge in [-0.15, -0.1) is 0 Å². The van der Waals surface area contributed by atoms with Gasteiger partial charge in [0.2, 0.25) is 5.91 Å². The number of benzene rings is 1. The predicted octanol–water partition coefficient (Wildman–Crippen LogP) is 3.25. The number of pyridine rings is 1. The summed E-state index contributed by atoms with van der Waals surface area (Å²) in [6.07, 6.45) is -0.309. The molecule has 6 heteroatoms. The third kappa shape index (κ3) is 3.40. The summed E-state index contributed by atoms with van der Waals surface area (Å²) in [5.41, 5.74) is 2.63. The summed E-state index contributed by atoms with van der Waals surface area (Å²) in [5, 5.41) is 5.91. The average Bonchev–Trinajstić information content (AvgIpc) is 2.58. The quantitative estimate of drug-likeness (QED) is 0.870. The van der Waals surface area contributed by atoms with Gasteiger partial charge in [-0.2, -0.15) is 0 Å². The Morgan fingerprint density at radius 2 is 1.81 bits per heavy atom. The van der Waals surface area contributed by atoms with Crippen LogP contribution in [-0.4, -0.2) is 23.8 Å². The number of nitrogens with zero attached hydrogens (tertiary/aromatic N) is 2. The van der Waals surface area contributed by atoms with Gasteiger partial charge in [0.25, 0.3) is 5.91 Å². The van der Waals surface area contributed by atoms with Crippen molar-refractivity contribution in [3.05, 3.63) is 53.2 Å². The first-order chi connectivity index (χ1) is 12.2. The number of amides is 2. The Labute approximate surface area is 153 Å². The molecule has 0 spiro atoms. The maximum absolute atomic E-state index is 12.4. The number of aromatic nitrogens is 1. The minimum Gasteiger partial charge on any atom is -0.335 e. The van der Waals surface area contributed by atoms with Crippen LogP contribution < -0.4 is 15.5 Å². The molecule has 2 N–H and O–H groups in total. The van der Waals surface area contributed by atoms with E-state index in [-0.39, 0.29) is 18.0 Å². The summed E-state index contributed by atoms with van der Waals surface area (Å²) in [6.45, 7) is 7.52. The molecular formula is C20H24N4O2. The highest BCUT2D eigenvalue weighted by atomic mass is 16.2. The molecule has 0 saturated heterocycles. The van der Waals surface area contributed by atoms with Crippen LogP contribution in [0.4, 0.5) is 11.5 Å². The Morgan fingerprint density at radius 3 is 2.42 bits per heavy atom. The van der Waals surface area contributed by atoms with Gasteiger partial charge < -0.3 is 15.5 Å². The van der Waals surface area contributed by atoms with E-state index in [1.807, 2.05) is 70.0 Å². The van der Waals surface area contributed by atoms with E-state index in [4.69, 9.17) is 0 Å². The molecule has 0 bridgehead atoms. The van der Waals surface area contributed by atoms with Crippen molar-refractivity contribution in [2.45, 2.75) is 33.9 Å². The van der Waals surface area contributed by atoms with Crippen molar-refractivity contribution >= 4 is 23.3 Å². The summed E-state index contributed by atoms with van der Waals surface area (Å²) in [5.74, 6) is 0.492. The second-order valence-corrected chi connectivity index (χ2v) is 7.64. The van der Waals surface area contributed by atoms with Gasteiger partial charge >= 0.3 is 0 Å². The van der Waals surface area contributed by atoms with E-state index in [2.05, 4.69) is 15.6 Å². The number of anilines is 2. The monoisotopic (exact) mass is 352 g/mol. The zero-order valence-corrected chi connectivity index (χ0v) is 15.8. The van der Waals surface area contributed by atoms with Crippen LogP contribution in [0.5, 0.6) is 0 Å². The Bertz CT molecular complexity index is 853. The lowest BCUT2D eigenvalue weighted by atomic mass is 9.95. The van der Waals surface area contributed by atoms with Gasteiger partial charge in [-0.1, -0.05) is 32.9 Å². The number of rotatable bonds is 2. The molecule has 0 unspecified atom stereocenters. The van der Waals surface area contributed by atoms with Crippen LogP contribution in [0.15, 0.2) is 36.4 Å². The van der Waals surface area contributed by atoms with E-state index >= 15 is 0 Å². The molecule has 1 aliphatic heterocycles. The number of fused-ring (bicyclic) bond motifs is 1. The van der Waals surface area contributed by atoms with Gasteiger partial charge in [0.05, 0.1) is 5.56 Å². The zero-order valence-electron chi connectivity index (χ0n) is 15.8. The average molecular weight is 352 g/mol. The van der Waals surface area contributed by atoms with Gasteiger partial charge in [-0.25, -0.2) is 4.98 Å². The lowest BCUT2D eigenvalue weighted by molar-refractivity contribution is -0.123. The Balaban J connectivity index is 1.84. The first-order valence-electron chi connectivity index (χ1n) is 8.59. The van der Waals surface area contributed by atoms with E-state index in [1.165, 1.54) is 0 Å². The third-order valence-electron chi connectivity index (χ3n) is 4.41. The highest BCUT2D eigenvalue weighted by molar-refractivity contribution is 6.01. The minimum atomic E-state index is -0.455. The highest BCUT2D eigenvalue weighted by Crippen LogP contribution is 2.31. The molecule has 2 aromatic rings. The van der Waals surface area contributed by atoms with Gasteiger partial charge in [-0.3, -0.25) is 9.59 Å². The number of carbonyl (C=O) groups is 2. The normalized spacial score (nSPS) is 16.7. The van der Waals surface area contributed by atoms with Crippen molar-refractivity contribution in [3.8, 4) is 0 Å². The summed E-state index contributed by atoms with van der Waals surface area (Å²) in [4.78, 5) is 31.0. The SMILES string of the molecule is Cc1ccc2c(n1)N(C)[C@@H](c1ccc(NC(=O)C(C)(C)C)cc1)NC2=O. The molecule has 1 atom stereocenters. The standard InChI is InChI=1S/C20H24N4O2/c1-12-6-11-15-17(21-12)24(5)16(23-18(15)25)13-7-9-14(10-8-13)22-19(26)20(2,3)4/h6-11,16H,1-5H3,(H,22,26)(H,23,25)/t16-/m0/s1. The molecule has 26 heavy (non-hydrogen) atoms. The van der Waals surface area contributed by atoms with E-state index < -0.39 is 5.41 Å². The molecule has 6 nitrogen and oxygen atoms in total. The molecule has 2 amide bonds. The van der Waals surface area contributed by atoms with Crippen LogP contribution in [0.3, 0.4) is 0 Å². The molecule has 136 valence electrons. The first-order valence-corrected chi connectivity index (χ1v) is 8.59. The topological polar surface area (TPSA) is 74.3 Å². The lowest BCUT2D eigenvalue weighted by Crippen LogP contribution is -2.45. The van der Waals surface area contributed by atoms with Crippen LogP contribution in [0.1, 0.15) is 48.6 Å². The molecule has 1 aliphatic rings. The largest absolute Gasteiger partial charge is 0.335 e. The number of aryl methyl sites for hydroxylation is 1. The molecule has 0 fully saturated rings. The van der Waals surface area contributed by atoms with Crippen LogP contribution in [0, 0.1) is 12.3 Å². The lowest BCUT2D eigenvalue weighted by Gasteiger charge is -2.35. The van der Waals surface area contributed by atoms with Gasteiger partial charge in [0, 0.05) is 23.8 Å². The number of carbonyl (C=O) groups excluding carboxylic acids is 2. The fourth-order valence-electron chi connectivity index (χ4n) is 2.78. The summed E-state index contributed by atoms with van der Waals surface area (Å²) < 4.78 is 0. The molecule has 0 radical (unpaired) electrons. The second-order valence-electron chi connectivity index (χ2n) is 7.64. The summed E-state index contributed by atoms with van der Waals surface area (Å²) in [7, 11) is 1.91. The van der Waals surface area contributed by atoms with E-state index in [0.29, 0.717) is 11.4 Å². The predicted molar refractivity (Wildman–Crippen MR) is 102 cm³/mol. The molecule has 1 aromatic carbocycles. The number of hydrogen-bond acceptors (Lipinski definition) is 4. The molecule has 0 saturated carbocycles. The van der Waals surface area contributed by atoms with Gasteiger partial charge in [0.1, 0.15) is 12.0 Å². The molecule has 2 heterocycles. The molecule has 0 aliphatic carbocycles. The number of nitrogens with one attached hydrogen (secondary N) is 2. The van der Waals surface area contributed by atoms with Gasteiger partial charge in [0.15, 0.2) is 0 Å². The zero-order chi connectivity index (χ0) is 19.1. The highest BCUT2D eigenvalue weighted by Gasteiger charge is 2.30. The molecule has 3 rings (SSSR count). The van der Waals surface area contributed by atoms with Crippen LogP contribution in [-0.2, 0) is 4.79 Å². The molecular weight excluding hydrogens is 328 g/mol. The summed E-state index contributed by atoms with van der Waals surface area (Å²) >= 11 is 0. The smallest absolute Gasteiger partial charge is 0.256 e. The van der Waals surface area contributed by atoms with E-state index in [1.54, 1.807) is 6.07 Å². The third-order valence-corrected chi connectivity index (χ3v) is 4.41. The van der Waals surface area contributed by atoms with E-state index in [9.17, 15) is 9.59 Å². The first kappa shape index (κ1) is 17.9. The fraction of sp³-hybridized carbons (Fsp3) is 0.350. The van der Waals surface area contributed by atoms with Crippen molar-refractivity contribution in [1.82, 2.24) is 10.3 Å². The number of hydrogen-bond donors (Lipinski definition) is 2. The van der Waals surface area contributed by atoms with E-state index in [0.717, 1.165) is 16.9 Å². The second kappa shape index (κ2) is 6.44. The van der Waals surface area contributed by atoms with Crippen LogP contribution in [0.2, 0.25) is 0 Å². The van der Waals surface area contributed by atoms with Crippen molar-refractivity contribution < 1.29 is 9.59 Å². The maximum Gasteiger partial charge on any atom is 0.256 e. The Morgan fingerprint density at radius 1 is 1.15 bits per heavy atom. The summed E-state index contributed by atoms with van der Waals surface area (Å²) in [6, 6.07) is 11.1. The van der Waals surface area contributed by atoms with Crippen molar-refractivity contribution in [2.24, 2.45) is 5.41 Å². The maximum atomic E-state index is 12.4. The van der Waals surface area contributed by atoms with Gasteiger partial charge in [-0.05, 0) is 36.8 Å².